The Balaban J connectivity index is 1.91. The zero-order valence-electron chi connectivity index (χ0n) is 11.0. The Morgan fingerprint density at radius 1 is 1.19 bits per heavy atom. The largest absolute Gasteiger partial charge is 0.315 e. The van der Waals surface area contributed by atoms with Gasteiger partial charge in [-0.05, 0) is 44.7 Å². The van der Waals surface area contributed by atoms with Crippen LogP contribution in [0.3, 0.4) is 0 Å². The average molecular weight is 224 g/mol. The van der Waals surface area contributed by atoms with E-state index in [1.54, 1.807) is 0 Å². The highest BCUT2D eigenvalue weighted by Crippen LogP contribution is 2.37. The number of nitrogens with one attached hydrogen (secondary N) is 1. The Hall–Kier alpha value is -0.0800. The summed E-state index contributed by atoms with van der Waals surface area (Å²) in [6, 6.07) is 1.71. The Kier molecular flexibility index (Phi) is 4.66. The molecule has 1 aliphatic carbocycles. The lowest BCUT2D eigenvalue weighted by molar-refractivity contribution is 0.127. The summed E-state index contributed by atoms with van der Waals surface area (Å²) in [7, 11) is 0. The first-order valence-corrected chi connectivity index (χ1v) is 7.33. The van der Waals surface area contributed by atoms with Gasteiger partial charge in [0.05, 0.1) is 0 Å². The van der Waals surface area contributed by atoms with Crippen LogP contribution in [0.25, 0.3) is 0 Å². The molecule has 0 aromatic carbocycles. The molecule has 0 bridgehead atoms. The number of nitrogens with zero attached hydrogens (tertiary/aromatic N) is 1. The lowest BCUT2D eigenvalue weighted by Gasteiger charge is -2.37. The van der Waals surface area contributed by atoms with Crippen LogP contribution >= 0.6 is 0 Å². The van der Waals surface area contributed by atoms with Gasteiger partial charge in [-0.2, -0.15) is 0 Å². The van der Waals surface area contributed by atoms with E-state index in [9.17, 15) is 0 Å². The molecule has 1 saturated heterocycles. The molecule has 3 atom stereocenters. The average Bonchev–Trinajstić information content (AvgIpc) is 2.75. The van der Waals surface area contributed by atoms with Gasteiger partial charge in [-0.15, -0.1) is 0 Å². The van der Waals surface area contributed by atoms with E-state index < -0.39 is 0 Å². The lowest BCUT2D eigenvalue weighted by atomic mass is 9.85. The molecule has 2 aliphatic rings. The van der Waals surface area contributed by atoms with E-state index in [2.05, 4.69) is 24.1 Å². The molecule has 0 spiro atoms. The molecule has 0 radical (unpaired) electrons. The first-order chi connectivity index (χ1) is 7.86. The van der Waals surface area contributed by atoms with Crippen LogP contribution in [0.5, 0.6) is 0 Å². The normalized spacial score (nSPS) is 32.6. The molecule has 0 amide bonds. The highest BCUT2D eigenvalue weighted by molar-refractivity contribution is 4.93. The highest BCUT2D eigenvalue weighted by Gasteiger charge is 2.38. The molecule has 2 fully saturated rings. The van der Waals surface area contributed by atoms with Crippen LogP contribution in [-0.2, 0) is 0 Å². The molecule has 2 heteroatoms. The molecule has 2 rings (SSSR count). The van der Waals surface area contributed by atoms with E-state index in [-0.39, 0.29) is 0 Å². The van der Waals surface area contributed by atoms with Crippen molar-refractivity contribution in [2.24, 2.45) is 5.92 Å². The second kappa shape index (κ2) is 6.02. The monoisotopic (exact) mass is 224 g/mol. The van der Waals surface area contributed by atoms with Gasteiger partial charge in [0.25, 0.3) is 0 Å². The molecule has 1 aliphatic heterocycles. The SMILES string of the molecule is CCNCC(CC)N1CCC2CCCCC21. The summed E-state index contributed by atoms with van der Waals surface area (Å²) in [6.07, 6.45) is 8.68. The predicted octanol–water partition coefficient (Wildman–Crippen LogP) is 2.64. The van der Waals surface area contributed by atoms with E-state index >= 15 is 0 Å². The first-order valence-electron chi connectivity index (χ1n) is 7.33. The number of likely N-dealkylation sites (tertiary alicyclic amines) is 1. The van der Waals surface area contributed by atoms with Gasteiger partial charge in [-0.3, -0.25) is 4.90 Å². The Morgan fingerprint density at radius 3 is 2.75 bits per heavy atom. The molecular weight excluding hydrogens is 196 g/mol. The molecular formula is C14H28N2. The van der Waals surface area contributed by atoms with E-state index in [0.717, 1.165) is 24.5 Å². The topological polar surface area (TPSA) is 15.3 Å². The highest BCUT2D eigenvalue weighted by atomic mass is 15.2. The van der Waals surface area contributed by atoms with Crippen molar-refractivity contribution in [1.29, 1.82) is 0 Å². The standard InChI is InChI=1S/C14H28N2/c1-3-13(11-15-4-2)16-10-9-12-7-5-6-8-14(12)16/h12-15H,3-11H2,1-2H3. The number of fused-ring (bicyclic) bond motifs is 1. The fourth-order valence-corrected chi connectivity index (χ4v) is 3.70. The van der Waals surface area contributed by atoms with Crippen LogP contribution in [0, 0.1) is 5.92 Å². The van der Waals surface area contributed by atoms with Crippen molar-refractivity contribution in [3.8, 4) is 0 Å². The third-order valence-corrected chi connectivity index (χ3v) is 4.62. The van der Waals surface area contributed by atoms with Gasteiger partial charge >= 0.3 is 0 Å². The van der Waals surface area contributed by atoms with Gasteiger partial charge in [0, 0.05) is 18.6 Å². The molecule has 1 N–H and O–H groups in total. The Labute approximate surface area is 101 Å². The van der Waals surface area contributed by atoms with Gasteiger partial charge in [0.15, 0.2) is 0 Å². The third-order valence-electron chi connectivity index (χ3n) is 4.62. The maximum atomic E-state index is 3.53. The maximum Gasteiger partial charge on any atom is 0.0221 e. The Morgan fingerprint density at radius 2 is 2.00 bits per heavy atom. The molecule has 0 aromatic heterocycles. The van der Waals surface area contributed by atoms with Gasteiger partial charge in [0.1, 0.15) is 0 Å². The molecule has 94 valence electrons. The predicted molar refractivity (Wildman–Crippen MR) is 69.7 cm³/mol. The van der Waals surface area contributed by atoms with Crippen molar-refractivity contribution in [3.63, 3.8) is 0 Å². The van der Waals surface area contributed by atoms with Crippen molar-refractivity contribution in [1.82, 2.24) is 10.2 Å². The fourth-order valence-electron chi connectivity index (χ4n) is 3.70. The number of hydrogen-bond acceptors (Lipinski definition) is 2. The second-order valence-electron chi connectivity index (χ2n) is 5.51. The quantitative estimate of drug-likeness (QED) is 0.772. The van der Waals surface area contributed by atoms with Crippen molar-refractivity contribution in [2.45, 2.75) is 64.5 Å². The Bertz CT molecular complexity index is 205. The number of rotatable bonds is 5. The zero-order chi connectivity index (χ0) is 11.4. The molecule has 0 aromatic rings. The molecule has 1 saturated carbocycles. The minimum absolute atomic E-state index is 0.785. The van der Waals surface area contributed by atoms with Crippen molar-refractivity contribution in [2.75, 3.05) is 19.6 Å². The van der Waals surface area contributed by atoms with Gasteiger partial charge in [-0.25, -0.2) is 0 Å². The fraction of sp³-hybridized carbons (Fsp3) is 1.00. The van der Waals surface area contributed by atoms with Crippen molar-refractivity contribution >= 4 is 0 Å². The van der Waals surface area contributed by atoms with Crippen molar-refractivity contribution in [3.05, 3.63) is 0 Å². The summed E-state index contributed by atoms with van der Waals surface area (Å²) < 4.78 is 0. The first kappa shape index (κ1) is 12.4. The number of hydrogen-bond donors (Lipinski definition) is 1. The molecule has 1 heterocycles. The van der Waals surface area contributed by atoms with Crippen LogP contribution in [0.15, 0.2) is 0 Å². The number of likely N-dealkylation sites (N-methyl/N-ethyl adjacent to an activating group) is 1. The summed E-state index contributed by atoms with van der Waals surface area (Å²) in [5.74, 6) is 1.03. The van der Waals surface area contributed by atoms with Crippen LogP contribution in [0.1, 0.15) is 52.4 Å². The van der Waals surface area contributed by atoms with Crippen molar-refractivity contribution < 1.29 is 0 Å². The van der Waals surface area contributed by atoms with E-state index in [0.29, 0.717) is 0 Å². The smallest absolute Gasteiger partial charge is 0.0221 e. The van der Waals surface area contributed by atoms with E-state index in [1.807, 2.05) is 0 Å². The second-order valence-corrected chi connectivity index (χ2v) is 5.51. The summed E-state index contributed by atoms with van der Waals surface area (Å²) in [5.41, 5.74) is 0. The summed E-state index contributed by atoms with van der Waals surface area (Å²) in [5, 5.41) is 3.53. The van der Waals surface area contributed by atoms with Crippen LogP contribution in [-0.4, -0.2) is 36.6 Å². The van der Waals surface area contributed by atoms with Gasteiger partial charge in [-0.1, -0.05) is 26.7 Å². The molecule has 3 unspecified atom stereocenters. The summed E-state index contributed by atoms with van der Waals surface area (Å²) in [4.78, 5) is 2.83. The molecule has 16 heavy (non-hydrogen) atoms. The van der Waals surface area contributed by atoms with Crippen LogP contribution in [0.2, 0.25) is 0 Å². The van der Waals surface area contributed by atoms with Crippen LogP contribution < -0.4 is 5.32 Å². The minimum Gasteiger partial charge on any atom is -0.315 e. The third kappa shape index (κ3) is 2.60. The summed E-state index contributed by atoms with van der Waals surface area (Å²) >= 11 is 0. The maximum absolute atomic E-state index is 3.53. The minimum atomic E-state index is 0.785. The van der Waals surface area contributed by atoms with E-state index in [1.165, 1.54) is 51.6 Å². The van der Waals surface area contributed by atoms with E-state index in [4.69, 9.17) is 0 Å². The van der Waals surface area contributed by atoms with Gasteiger partial charge < -0.3 is 5.32 Å². The summed E-state index contributed by atoms with van der Waals surface area (Å²) in [6.45, 7) is 8.21. The van der Waals surface area contributed by atoms with Crippen LogP contribution in [0.4, 0.5) is 0 Å². The molecule has 2 nitrogen and oxygen atoms in total. The zero-order valence-corrected chi connectivity index (χ0v) is 11.0. The lowest BCUT2D eigenvalue weighted by Crippen LogP contribution is -2.46. The van der Waals surface area contributed by atoms with Gasteiger partial charge in [0.2, 0.25) is 0 Å².